The van der Waals surface area contributed by atoms with Gasteiger partial charge in [0.15, 0.2) is 0 Å². The molecule has 0 unspecified atom stereocenters. The van der Waals surface area contributed by atoms with E-state index in [1.807, 2.05) is 30.3 Å². The Morgan fingerprint density at radius 2 is 1.76 bits per heavy atom. The molecule has 0 saturated carbocycles. The lowest BCUT2D eigenvalue weighted by molar-refractivity contribution is 0.102. The van der Waals surface area contributed by atoms with Gasteiger partial charge in [0.05, 0.1) is 11.9 Å². The minimum absolute atomic E-state index is 0.190. The van der Waals surface area contributed by atoms with Gasteiger partial charge in [-0.2, -0.15) is 0 Å². The number of benzene rings is 2. The second-order valence-corrected chi connectivity index (χ2v) is 4.17. The van der Waals surface area contributed by atoms with Crippen molar-refractivity contribution in [2.24, 2.45) is 0 Å². The van der Waals surface area contributed by atoms with E-state index in [4.69, 9.17) is 5.73 Å². The molecular weight excluding hydrogens is 264 g/mol. The molecule has 0 spiro atoms. The molecule has 4 N–H and O–H groups in total. The Kier molecular flexibility index (Phi) is 5.11. The van der Waals surface area contributed by atoms with Crippen LogP contribution in [0.5, 0.6) is 0 Å². The Morgan fingerprint density at radius 1 is 1.05 bits per heavy atom. The number of nitrogens with two attached hydrogens (primary N) is 1. The van der Waals surface area contributed by atoms with E-state index in [9.17, 15) is 4.79 Å². The summed E-state index contributed by atoms with van der Waals surface area (Å²) in [6.07, 6.45) is 5.08. The first kappa shape index (κ1) is 14.3. The van der Waals surface area contributed by atoms with E-state index in [1.54, 1.807) is 43.0 Å². The van der Waals surface area contributed by atoms with Gasteiger partial charge in [-0.05, 0) is 24.3 Å². The first-order valence-corrected chi connectivity index (χ1v) is 6.41. The van der Waals surface area contributed by atoms with Crippen molar-refractivity contribution in [1.82, 2.24) is 9.97 Å². The Bertz CT molecular complexity index is 649. The van der Waals surface area contributed by atoms with Crippen molar-refractivity contribution < 1.29 is 4.79 Å². The fourth-order valence-electron chi connectivity index (χ4n) is 1.64. The molecule has 2 aromatic carbocycles. The number of nitrogens with zero attached hydrogens (tertiary/aromatic N) is 1. The quantitative estimate of drug-likeness (QED) is 0.631. The molecule has 0 fully saturated rings. The molecule has 0 saturated heterocycles. The third kappa shape index (κ3) is 4.50. The van der Waals surface area contributed by atoms with Gasteiger partial charge in [0.25, 0.3) is 5.91 Å². The highest BCUT2D eigenvalue weighted by Gasteiger charge is 2.08. The Morgan fingerprint density at radius 3 is 2.33 bits per heavy atom. The number of H-pyrrole nitrogens is 1. The summed E-state index contributed by atoms with van der Waals surface area (Å²) in [5.74, 6) is -0.190. The highest BCUT2D eigenvalue weighted by molar-refractivity contribution is 6.07. The van der Waals surface area contributed by atoms with Gasteiger partial charge in [0.2, 0.25) is 0 Å². The largest absolute Gasteiger partial charge is 0.398 e. The minimum atomic E-state index is -0.190. The van der Waals surface area contributed by atoms with Crippen molar-refractivity contribution in [3.05, 3.63) is 78.9 Å². The molecule has 1 amide bonds. The molecule has 0 aliphatic rings. The zero-order valence-electron chi connectivity index (χ0n) is 11.4. The molecule has 0 aliphatic heterocycles. The predicted molar refractivity (Wildman–Crippen MR) is 83.8 cm³/mol. The Labute approximate surface area is 122 Å². The van der Waals surface area contributed by atoms with Crippen LogP contribution < -0.4 is 11.1 Å². The maximum absolute atomic E-state index is 11.8. The van der Waals surface area contributed by atoms with E-state index in [0.29, 0.717) is 11.3 Å². The molecule has 106 valence electrons. The lowest BCUT2D eigenvalue weighted by Gasteiger charge is -2.06. The second kappa shape index (κ2) is 7.49. The van der Waals surface area contributed by atoms with Gasteiger partial charge < -0.3 is 16.0 Å². The van der Waals surface area contributed by atoms with Crippen molar-refractivity contribution in [2.75, 3.05) is 11.1 Å². The van der Waals surface area contributed by atoms with Gasteiger partial charge >= 0.3 is 0 Å². The van der Waals surface area contributed by atoms with Crippen LogP contribution in [-0.2, 0) is 0 Å². The number of amides is 1. The molecule has 3 rings (SSSR count). The van der Waals surface area contributed by atoms with Crippen LogP contribution in [0.1, 0.15) is 10.4 Å². The fourth-order valence-corrected chi connectivity index (χ4v) is 1.64. The number of hydrogen-bond acceptors (Lipinski definition) is 3. The third-order valence-electron chi connectivity index (χ3n) is 2.64. The van der Waals surface area contributed by atoms with Crippen molar-refractivity contribution in [2.45, 2.75) is 0 Å². The van der Waals surface area contributed by atoms with Gasteiger partial charge in [-0.1, -0.05) is 30.3 Å². The second-order valence-electron chi connectivity index (χ2n) is 4.17. The number of aromatic nitrogens is 2. The molecule has 0 bridgehead atoms. The highest BCUT2D eigenvalue weighted by atomic mass is 16.1. The van der Waals surface area contributed by atoms with E-state index >= 15 is 0 Å². The lowest BCUT2D eigenvalue weighted by Crippen LogP contribution is -2.13. The molecule has 0 atom stereocenters. The molecule has 1 heterocycles. The predicted octanol–water partition coefficient (Wildman–Crippen LogP) is 2.93. The van der Waals surface area contributed by atoms with Crippen molar-refractivity contribution >= 4 is 17.3 Å². The summed E-state index contributed by atoms with van der Waals surface area (Å²) < 4.78 is 0. The van der Waals surface area contributed by atoms with Gasteiger partial charge in [-0.15, -0.1) is 0 Å². The maximum Gasteiger partial charge on any atom is 0.257 e. The number of hydrogen-bond donors (Lipinski definition) is 3. The van der Waals surface area contributed by atoms with E-state index in [-0.39, 0.29) is 5.91 Å². The number of para-hydroxylation sites is 2. The number of carbonyl (C=O) groups is 1. The van der Waals surface area contributed by atoms with Crippen LogP contribution in [0.15, 0.2) is 73.3 Å². The maximum atomic E-state index is 11.8. The molecule has 5 nitrogen and oxygen atoms in total. The summed E-state index contributed by atoms with van der Waals surface area (Å²) >= 11 is 0. The minimum Gasteiger partial charge on any atom is -0.398 e. The number of rotatable bonds is 2. The number of anilines is 2. The Balaban J connectivity index is 0.000000272. The average Bonchev–Trinajstić information content (AvgIpc) is 3.08. The van der Waals surface area contributed by atoms with Crippen molar-refractivity contribution in [3.63, 3.8) is 0 Å². The SMILES string of the molecule is Nc1ccccc1C(=O)Nc1ccccc1.c1c[nH]cn1. The smallest absolute Gasteiger partial charge is 0.257 e. The summed E-state index contributed by atoms with van der Waals surface area (Å²) in [6, 6.07) is 16.3. The molecule has 21 heavy (non-hydrogen) atoms. The van der Waals surface area contributed by atoms with Crippen LogP contribution in [0.2, 0.25) is 0 Å². The molecule has 0 aliphatic carbocycles. The molecule has 5 heteroatoms. The first-order chi connectivity index (χ1) is 10.3. The summed E-state index contributed by atoms with van der Waals surface area (Å²) in [5.41, 5.74) is 7.45. The highest BCUT2D eigenvalue weighted by Crippen LogP contribution is 2.13. The first-order valence-electron chi connectivity index (χ1n) is 6.41. The summed E-state index contributed by atoms with van der Waals surface area (Å²) in [7, 11) is 0. The molecule has 0 radical (unpaired) electrons. The van der Waals surface area contributed by atoms with Crippen LogP contribution in [0, 0.1) is 0 Å². The number of nitrogens with one attached hydrogen (secondary N) is 2. The fraction of sp³-hybridized carbons (Fsp3) is 0. The lowest BCUT2D eigenvalue weighted by atomic mass is 10.1. The van der Waals surface area contributed by atoms with Gasteiger partial charge in [-0.25, -0.2) is 4.98 Å². The van der Waals surface area contributed by atoms with E-state index < -0.39 is 0 Å². The summed E-state index contributed by atoms with van der Waals surface area (Å²) in [4.78, 5) is 18.3. The third-order valence-corrected chi connectivity index (χ3v) is 2.64. The van der Waals surface area contributed by atoms with Crippen molar-refractivity contribution in [1.29, 1.82) is 0 Å². The standard InChI is InChI=1S/C13H12N2O.C3H4N2/c14-12-9-5-4-8-11(12)13(16)15-10-6-2-1-3-7-10;1-2-5-3-4-1/h1-9H,14H2,(H,15,16);1-3H,(H,4,5). The van der Waals surface area contributed by atoms with Gasteiger partial charge in [0.1, 0.15) is 0 Å². The van der Waals surface area contributed by atoms with Crippen molar-refractivity contribution in [3.8, 4) is 0 Å². The Hall–Kier alpha value is -3.08. The van der Waals surface area contributed by atoms with Crippen LogP contribution in [0.3, 0.4) is 0 Å². The van der Waals surface area contributed by atoms with Gasteiger partial charge in [0, 0.05) is 23.8 Å². The molecular formula is C16H16N4O. The zero-order chi connectivity index (χ0) is 14.9. The van der Waals surface area contributed by atoms with E-state index in [0.717, 1.165) is 5.69 Å². The van der Waals surface area contributed by atoms with E-state index in [2.05, 4.69) is 15.3 Å². The summed E-state index contributed by atoms with van der Waals surface area (Å²) in [5, 5.41) is 2.78. The van der Waals surface area contributed by atoms with Crippen LogP contribution in [-0.4, -0.2) is 15.9 Å². The molecule has 3 aromatic rings. The molecule has 1 aromatic heterocycles. The van der Waals surface area contributed by atoms with Crippen LogP contribution >= 0.6 is 0 Å². The van der Waals surface area contributed by atoms with E-state index in [1.165, 1.54) is 0 Å². The number of nitrogen functional groups attached to an aromatic ring is 1. The number of imidazole rings is 1. The number of aromatic amines is 1. The zero-order valence-corrected chi connectivity index (χ0v) is 11.4. The summed E-state index contributed by atoms with van der Waals surface area (Å²) in [6.45, 7) is 0. The number of carbonyl (C=O) groups excluding carboxylic acids is 1. The van der Waals surface area contributed by atoms with Gasteiger partial charge in [-0.3, -0.25) is 4.79 Å². The topological polar surface area (TPSA) is 83.8 Å². The monoisotopic (exact) mass is 280 g/mol. The van der Waals surface area contributed by atoms with Crippen LogP contribution in [0.25, 0.3) is 0 Å². The average molecular weight is 280 g/mol. The van der Waals surface area contributed by atoms with Crippen LogP contribution in [0.4, 0.5) is 11.4 Å². The normalized spacial score (nSPS) is 9.33.